The number of methoxy groups -OCH3 is 1. The van der Waals surface area contributed by atoms with Crippen molar-refractivity contribution >= 4 is 11.6 Å². The number of nitrogens with zero attached hydrogens (tertiary/aromatic N) is 1. The Bertz CT molecular complexity index is 732. The molecule has 2 aromatic carbocycles. The molecule has 4 nitrogen and oxygen atoms in total. The van der Waals surface area contributed by atoms with Gasteiger partial charge in [0.05, 0.1) is 13.2 Å². The van der Waals surface area contributed by atoms with Crippen LogP contribution in [0.5, 0.6) is 5.75 Å². The van der Waals surface area contributed by atoms with E-state index in [9.17, 15) is 4.79 Å². The second kappa shape index (κ2) is 8.94. The molecule has 1 N–H and O–H groups in total. The van der Waals surface area contributed by atoms with E-state index in [1.807, 2.05) is 24.3 Å². The first kappa shape index (κ1) is 19.3. The number of carbonyl (C=O) groups is 1. The molecular weight excluding hydrogens is 336 g/mol. The van der Waals surface area contributed by atoms with Gasteiger partial charge in [-0.25, -0.2) is 0 Å². The number of piperidine rings is 1. The summed E-state index contributed by atoms with van der Waals surface area (Å²) < 4.78 is 5.22. The van der Waals surface area contributed by atoms with E-state index in [4.69, 9.17) is 4.74 Å². The molecule has 1 unspecified atom stereocenters. The molecule has 0 bridgehead atoms. The number of nitrogens with one attached hydrogen (secondary N) is 1. The molecule has 3 rings (SSSR count). The third-order valence-electron chi connectivity index (χ3n) is 5.51. The van der Waals surface area contributed by atoms with Crippen molar-refractivity contribution in [1.29, 1.82) is 0 Å². The number of aryl methyl sites for hydroxylation is 1. The fourth-order valence-corrected chi connectivity index (χ4v) is 3.70. The SMILES string of the molecule is CCC(NC(=O)C1CCN(c2ccc(C)cc2)CC1)c1ccc(OC)cc1. The van der Waals surface area contributed by atoms with Crippen molar-refractivity contribution in [2.45, 2.75) is 39.2 Å². The van der Waals surface area contributed by atoms with Crippen molar-refractivity contribution < 1.29 is 9.53 Å². The van der Waals surface area contributed by atoms with Gasteiger partial charge in [0.25, 0.3) is 0 Å². The lowest BCUT2D eigenvalue weighted by Crippen LogP contribution is -2.41. The van der Waals surface area contributed by atoms with Crippen LogP contribution in [0, 0.1) is 12.8 Å². The van der Waals surface area contributed by atoms with Crippen LogP contribution in [-0.4, -0.2) is 26.1 Å². The summed E-state index contributed by atoms with van der Waals surface area (Å²) in [7, 11) is 1.66. The van der Waals surface area contributed by atoms with E-state index in [2.05, 4.69) is 48.3 Å². The van der Waals surface area contributed by atoms with Crippen molar-refractivity contribution in [1.82, 2.24) is 5.32 Å². The second-order valence-electron chi connectivity index (χ2n) is 7.34. The topological polar surface area (TPSA) is 41.6 Å². The van der Waals surface area contributed by atoms with Crippen molar-refractivity contribution in [3.63, 3.8) is 0 Å². The number of benzene rings is 2. The van der Waals surface area contributed by atoms with Gasteiger partial charge in [0.15, 0.2) is 0 Å². The van der Waals surface area contributed by atoms with Gasteiger partial charge >= 0.3 is 0 Å². The number of anilines is 1. The molecule has 4 heteroatoms. The Hall–Kier alpha value is -2.49. The highest BCUT2D eigenvalue weighted by Crippen LogP contribution is 2.26. The molecule has 1 heterocycles. The molecule has 1 saturated heterocycles. The highest BCUT2D eigenvalue weighted by molar-refractivity contribution is 5.79. The Balaban J connectivity index is 1.55. The normalized spacial score (nSPS) is 16.0. The highest BCUT2D eigenvalue weighted by atomic mass is 16.5. The number of carbonyl (C=O) groups excluding carboxylic acids is 1. The van der Waals surface area contributed by atoms with Gasteiger partial charge < -0.3 is 15.0 Å². The molecule has 1 fully saturated rings. The lowest BCUT2D eigenvalue weighted by Gasteiger charge is -2.33. The molecule has 0 radical (unpaired) electrons. The molecule has 0 aliphatic carbocycles. The van der Waals surface area contributed by atoms with E-state index >= 15 is 0 Å². The number of amides is 1. The molecule has 0 aromatic heterocycles. The summed E-state index contributed by atoms with van der Waals surface area (Å²) >= 11 is 0. The minimum Gasteiger partial charge on any atom is -0.497 e. The number of ether oxygens (including phenoxy) is 1. The van der Waals surface area contributed by atoms with Gasteiger partial charge in [0, 0.05) is 24.7 Å². The summed E-state index contributed by atoms with van der Waals surface area (Å²) in [4.78, 5) is 15.2. The zero-order valence-electron chi connectivity index (χ0n) is 16.6. The molecule has 1 aliphatic rings. The highest BCUT2D eigenvalue weighted by Gasteiger charge is 2.26. The van der Waals surface area contributed by atoms with Gasteiger partial charge in [-0.3, -0.25) is 4.79 Å². The zero-order chi connectivity index (χ0) is 19.2. The average Bonchev–Trinajstić information content (AvgIpc) is 2.72. The molecule has 1 amide bonds. The van der Waals surface area contributed by atoms with Crippen LogP contribution in [0.25, 0.3) is 0 Å². The summed E-state index contributed by atoms with van der Waals surface area (Å²) in [5.41, 5.74) is 3.66. The Kier molecular flexibility index (Phi) is 6.38. The third kappa shape index (κ3) is 4.82. The number of hydrogen-bond acceptors (Lipinski definition) is 3. The first-order valence-corrected chi connectivity index (χ1v) is 9.86. The molecule has 144 valence electrons. The zero-order valence-corrected chi connectivity index (χ0v) is 16.6. The number of rotatable bonds is 6. The van der Waals surface area contributed by atoms with Crippen LogP contribution in [-0.2, 0) is 4.79 Å². The summed E-state index contributed by atoms with van der Waals surface area (Å²) in [5, 5.41) is 3.25. The number of hydrogen-bond donors (Lipinski definition) is 1. The van der Waals surface area contributed by atoms with E-state index in [-0.39, 0.29) is 17.9 Å². The summed E-state index contributed by atoms with van der Waals surface area (Å²) in [6, 6.07) is 16.7. The van der Waals surface area contributed by atoms with E-state index in [0.717, 1.165) is 43.7 Å². The molecule has 1 atom stereocenters. The van der Waals surface area contributed by atoms with Gasteiger partial charge in [-0.05, 0) is 56.0 Å². The maximum absolute atomic E-state index is 12.8. The molecule has 2 aromatic rings. The van der Waals surface area contributed by atoms with E-state index in [1.165, 1.54) is 11.3 Å². The Morgan fingerprint density at radius 2 is 1.74 bits per heavy atom. The monoisotopic (exact) mass is 366 g/mol. The molecule has 0 spiro atoms. The molecule has 1 aliphatic heterocycles. The first-order valence-electron chi connectivity index (χ1n) is 9.86. The van der Waals surface area contributed by atoms with E-state index in [1.54, 1.807) is 7.11 Å². The Labute approximate surface area is 162 Å². The maximum atomic E-state index is 12.8. The second-order valence-corrected chi connectivity index (χ2v) is 7.34. The van der Waals surface area contributed by atoms with Crippen LogP contribution in [0.15, 0.2) is 48.5 Å². The van der Waals surface area contributed by atoms with Gasteiger partial charge in [0.1, 0.15) is 5.75 Å². The van der Waals surface area contributed by atoms with E-state index in [0.29, 0.717) is 0 Å². The first-order chi connectivity index (χ1) is 13.1. The summed E-state index contributed by atoms with van der Waals surface area (Å²) in [6.45, 7) is 6.07. The molecule has 0 saturated carbocycles. The summed E-state index contributed by atoms with van der Waals surface area (Å²) in [6.07, 6.45) is 2.68. The van der Waals surface area contributed by atoms with Crippen molar-refractivity contribution in [3.05, 3.63) is 59.7 Å². The van der Waals surface area contributed by atoms with Gasteiger partial charge in [-0.1, -0.05) is 36.8 Å². The molecular formula is C23H30N2O2. The van der Waals surface area contributed by atoms with Crippen LogP contribution in [0.4, 0.5) is 5.69 Å². The van der Waals surface area contributed by atoms with E-state index < -0.39 is 0 Å². The quantitative estimate of drug-likeness (QED) is 0.819. The van der Waals surface area contributed by atoms with Crippen LogP contribution in [0.3, 0.4) is 0 Å². The van der Waals surface area contributed by atoms with Gasteiger partial charge in [-0.2, -0.15) is 0 Å². The summed E-state index contributed by atoms with van der Waals surface area (Å²) in [5.74, 6) is 1.11. The largest absolute Gasteiger partial charge is 0.497 e. The van der Waals surface area contributed by atoms with Crippen molar-refractivity contribution in [3.8, 4) is 5.75 Å². The van der Waals surface area contributed by atoms with Gasteiger partial charge in [0.2, 0.25) is 5.91 Å². The van der Waals surface area contributed by atoms with Crippen LogP contribution < -0.4 is 15.0 Å². The van der Waals surface area contributed by atoms with Crippen molar-refractivity contribution in [2.75, 3.05) is 25.1 Å². The fraction of sp³-hybridized carbons (Fsp3) is 0.435. The lowest BCUT2D eigenvalue weighted by molar-refractivity contribution is -0.126. The Morgan fingerprint density at radius 1 is 1.11 bits per heavy atom. The predicted octanol–water partition coefficient (Wildman–Crippen LogP) is 4.49. The standard InChI is InChI=1S/C23H30N2O2/c1-4-22(18-7-11-21(27-3)12-8-18)24-23(26)19-13-15-25(16-14-19)20-9-5-17(2)6-10-20/h5-12,19,22H,4,13-16H2,1-3H3,(H,24,26). The van der Waals surface area contributed by atoms with Crippen LogP contribution in [0.1, 0.15) is 43.4 Å². The maximum Gasteiger partial charge on any atom is 0.223 e. The minimum atomic E-state index is 0.0542. The fourth-order valence-electron chi connectivity index (χ4n) is 3.70. The third-order valence-corrected chi connectivity index (χ3v) is 5.51. The van der Waals surface area contributed by atoms with Crippen LogP contribution in [0.2, 0.25) is 0 Å². The minimum absolute atomic E-state index is 0.0542. The lowest BCUT2D eigenvalue weighted by atomic mass is 9.94. The smallest absolute Gasteiger partial charge is 0.223 e. The predicted molar refractivity (Wildman–Crippen MR) is 110 cm³/mol. The van der Waals surface area contributed by atoms with Crippen molar-refractivity contribution in [2.24, 2.45) is 5.92 Å². The van der Waals surface area contributed by atoms with Gasteiger partial charge in [-0.15, -0.1) is 0 Å². The van der Waals surface area contributed by atoms with Crippen LogP contribution >= 0.6 is 0 Å². The molecule has 27 heavy (non-hydrogen) atoms. The average molecular weight is 367 g/mol. The Morgan fingerprint density at radius 3 is 2.30 bits per heavy atom.